The first-order valence-corrected chi connectivity index (χ1v) is 13.9. The molecule has 1 amide bonds. The summed E-state index contributed by atoms with van der Waals surface area (Å²) >= 11 is 0. The first-order valence-electron chi connectivity index (χ1n) is 13.9. The summed E-state index contributed by atoms with van der Waals surface area (Å²) in [6.45, 7) is 13.4. The topological polar surface area (TPSA) is 99.1 Å². The molecule has 2 aliphatic heterocycles. The van der Waals surface area contributed by atoms with E-state index in [9.17, 15) is 9.59 Å². The van der Waals surface area contributed by atoms with Gasteiger partial charge in [0.15, 0.2) is 0 Å². The van der Waals surface area contributed by atoms with Gasteiger partial charge in [0.05, 0.1) is 6.61 Å². The van der Waals surface area contributed by atoms with E-state index in [2.05, 4.69) is 43.7 Å². The van der Waals surface area contributed by atoms with E-state index in [1.165, 1.54) is 11.8 Å². The van der Waals surface area contributed by atoms with Crippen molar-refractivity contribution in [1.29, 1.82) is 0 Å². The molecule has 1 aromatic carbocycles. The van der Waals surface area contributed by atoms with Gasteiger partial charge in [0.2, 0.25) is 11.9 Å². The number of pyridine rings is 1. The van der Waals surface area contributed by atoms with Gasteiger partial charge in [-0.05, 0) is 36.4 Å². The SMILES string of the molecule is C=CC(=O)N1CCN(CCn2c(=O)ccc3cnc(Nc4ccc(N5CCN(CCOC)CC5)cc4)nc32)CC1. The molecule has 2 aromatic heterocycles. The van der Waals surface area contributed by atoms with Crippen molar-refractivity contribution in [3.05, 3.63) is 65.6 Å². The van der Waals surface area contributed by atoms with E-state index in [4.69, 9.17) is 9.72 Å². The Morgan fingerprint density at radius 1 is 0.950 bits per heavy atom. The molecule has 2 aliphatic rings. The number of ether oxygens (including phenoxy) is 1. The van der Waals surface area contributed by atoms with Gasteiger partial charge in [-0.3, -0.25) is 24.0 Å². The van der Waals surface area contributed by atoms with Crippen LogP contribution in [0.2, 0.25) is 0 Å². The minimum absolute atomic E-state index is 0.0344. The van der Waals surface area contributed by atoms with Gasteiger partial charge in [-0.2, -0.15) is 4.98 Å². The van der Waals surface area contributed by atoms with Crippen molar-refractivity contribution in [2.45, 2.75) is 6.54 Å². The smallest absolute Gasteiger partial charge is 0.252 e. The number of aromatic nitrogens is 3. The van der Waals surface area contributed by atoms with Crippen LogP contribution in [-0.2, 0) is 16.1 Å². The summed E-state index contributed by atoms with van der Waals surface area (Å²) in [6, 6.07) is 11.6. The van der Waals surface area contributed by atoms with E-state index in [1.807, 2.05) is 12.1 Å². The molecule has 0 spiro atoms. The Morgan fingerprint density at radius 2 is 1.65 bits per heavy atom. The fourth-order valence-electron chi connectivity index (χ4n) is 5.24. The largest absolute Gasteiger partial charge is 0.383 e. The number of piperazine rings is 2. The number of benzene rings is 1. The maximum atomic E-state index is 12.8. The van der Waals surface area contributed by atoms with Crippen LogP contribution in [-0.4, -0.2) is 114 Å². The van der Waals surface area contributed by atoms with Gasteiger partial charge < -0.3 is 19.9 Å². The third kappa shape index (κ3) is 6.67. The summed E-state index contributed by atoms with van der Waals surface area (Å²) in [7, 11) is 1.74. The zero-order valence-corrected chi connectivity index (χ0v) is 23.2. The third-order valence-electron chi connectivity index (χ3n) is 7.69. The van der Waals surface area contributed by atoms with Gasteiger partial charge in [0, 0.05) is 108 Å². The lowest BCUT2D eigenvalue weighted by atomic mass is 10.2. The molecule has 11 heteroatoms. The molecule has 5 rings (SSSR count). The number of carbonyl (C=O) groups is 1. The maximum absolute atomic E-state index is 12.8. The van der Waals surface area contributed by atoms with Gasteiger partial charge in [-0.25, -0.2) is 4.98 Å². The highest BCUT2D eigenvalue weighted by molar-refractivity contribution is 5.87. The first kappa shape index (κ1) is 27.8. The van der Waals surface area contributed by atoms with Crippen LogP contribution in [0.3, 0.4) is 0 Å². The van der Waals surface area contributed by atoms with Crippen LogP contribution in [0.15, 0.2) is 60.0 Å². The second kappa shape index (κ2) is 13.0. The number of methoxy groups -OCH3 is 1. The summed E-state index contributed by atoms with van der Waals surface area (Å²) in [4.78, 5) is 42.7. The number of hydrogen-bond acceptors (Lipinski definition) is 9. The first-order chi connectivity index (χ1) is 19.5. The predicted octanol–water partition coefficient (Wildman–Crippen LogP) is 1.63. The Hall–Kier alpha value is -3.80. The van der Waals surface area contributed by atoms with E-state index in [1.54, 1.807) is 34.9 Å². The molecule has 0 radical (unpaired) electrons. The monoisotopic (exact) mass is 546 g/mol. The molecule has 4 heterocycles. The van der Waals surface area contributed by atoms with E-state index >= 15 is 0 Å². The van der Waals surface area contributed by atoms with Crippen molar-refractivity contribution in [1.82, 2.24) is 29.2 Å². The number of hydrogen-bond donors (Lipinski definition) is 1. The molecule has 3 aromatic rings. The van der Waals surface area contributed by atoms with Crippen molar-refractivity contribution in [3.63, 3.8) is 0 Å². The summed E-state index contributed by atoms with van der Waals surface area (Å²) in [6.07, 6.45) is 3.11. The average molecular weight is 547 g/mol. The number of carbonyl (C=O) groups excluding carboxylic acids is 1. The van der Waals surface area contributed by atoms with E-state index < -0.39 is 0 Å². The van der Waals surface area contributed by atoms with Crippen molar-refractivity contribution in [2.24, 2.45) is 0 Å². The number of rotatable bonds is 10. The van der Waals surface area contributed by atoms with Crippen molar-refractivity contribution >= 4 is 34.3 Å². The van der Waals surface area contributed by atoms with Crippen LogP contribution >= 0.6 is 0 Å². The number of amides is 1. The molecule has 212 valence electrons. The number of nitrogens with zero attached hydrogens (tertiary/aromatic N) is 7. The van der Waals surface area contributed by atoms with Crippen LogP contribution in [0.4, 0.5) is 17.3 Å². The molecule has 0 atom stereocenters. The van der Waals surface area contributed by atoms with Crippen LogP contribution in [0, 0.1) is 0 Å². The molecule has 11 nitrogen and oxygen atoms in total. The molecule has 0 aliphatic carbocycles. The summed E-state index contributed by atoms with van der Waals surface area (Å²) in [5, 5.41) is 4.11. The highest BCUT2D eigenvalue weighted by Gasteiger charge is 2.20. The summed E-state index contributed by atoms with van der Waals surface area (Å²) < 4.78 is 6.91. The van der Waals surface area contributed by atoms with Crippen molar-refractivity contribution in [3.8, 4) is 0 Å². The molecular formula is C29H38N8O3. The van der Waals surface area contributed by atoms with E-state index in [-0.39, 0.29) is 11.5 Å². The van der Waals surface area contributed by atoms with Crippen LogP contribution in [0.5, 0.6) is 0 Å². The average Bonchev–Trinajstić information content (AvgIpc) is 3.00. The standard InChI is InChI=1S/C29H38N8O3/c1-3-26(38)36-17-12-33(13-18-36)14-19-37-27(39)9-4-23-22-30-29(32-28(23)37)31-24-5-7-25(8-6-24)35-15-10-34(11-16-35)20-21-40-2/h3-9,22H,1,10-21H2,2H3,(H,30,31,32). The molecule has 2 fully saturated rings. The van der Waals surface area contributed by atoms with Crippen LogP contribution in [0.25, 0.3) is 11.0 Å². The Morgan fingerprint density at radius 3 is 2.35 bits per heavy atom. The van der Waals surface area contributed by atoms with Gasteiger partial charge in [-0.15, -0.1) is 0 Å². The van der Waals surface area contributed by atoms with Crippen LogP contribution < -0.4 is 15.8 Å². The lowest BCUT2D eigenvalue weighted by molar-refractivity contribution is -0.127. The molecule has 0 bridgehead atoms. The minimum atomic E-state index is -0.0932. The summed E-state index contributed by atoms with van der Waals surface area (Å²) in [5.41, 5.74) is 2.59. The van der Waals surface area contributed by atoms with Crippen LogP contribution in [0.1, 0.15) is 0 Å². The highest BCUT2D eigenvalue weighted by atomic mass is 16.5. The van der Waals surface area contributed by atoms with Crippen molar-refractivity contribution in [2.75, 3.05) is 89.4 Å². The van der Waals surface area contributed by atoms with Crippen molar-refractivity contribution < 1.29 is 9.53 Å². The Kier molecular flexibility index (Phi) is 9.04. The second-order valence-electron chi connectivity index (χ2n) is 10.2. The van der Waals surface area contributed by atoms with E-state index in [0.717, 1.165) is 63.5 Å². The lowest BCUT2D eigenvalue weighted by Gasteiger charge is -2.36. The molecular weight excluding hydrogens is 508 g/mol. The van der Waals surface area contributed by atoms with Gasteiger partial charge in [0.25, 0.3) is 5.56 Å². The van der Waals surface area contributed by atoms with E-state index in [0.29, 0.717) is 37.8 Å². The minimum Gasteiger partial charge on any atom is -0.383 e. The van der Waals surface area contributed by atoms with Gasteiger partial charge in [0.1, 0.15) is 5.65 Å². The van der Waals surface area contributed by atoms with Gasteiger partial charge in [-0.1, -0.05) is 6.58 Å². The molecule has 2 saturated heterocycles. The maximum Gasteiger partial charge on any atom is 0.252 e. The zero-order chi connectivity index (χ0) is 27.9. The quantitative estimate of drug-likeness (QED) is 0.381. The molecule has 1 N–H and O–H groups in total. The zero-order valence-electron chi connectivity index (χ0n) is 23.2. The number of nitrogens with one attached hydrogen (secondary N) is 1. The third-order valence-corrected chi connectivity index (χ3v) is 7.69. The normalized spacial score (nSPS) is 16.8. The number of anilines is 3. The molecule has 0 saturated carbocycles. The predicted molar refractivity (Wildman–Crippen MR) is 157 cm³/mol. The molecule has 0 unspecified atom stereocenters. The fourth-order valence-corrected chi connectivity index (χ4v) is 5.24. The number of fused-ring (bicyclic) bond motifs is 1. The van der Waals surface area contributed by atoms with Gasteiger partial charge >= 0.3 is 0 Å². The highest BCUT2D eigenvalue weighted by Crippen LogP contribution is 2.22. The summed E-state index contributed by atoms with van der Waals surface area (Å²) in [5.74, 6) is 0.413. The Balaban J connectivity index is 1.21. The lowest BCUT2D eigenvalue weighted by Crippen LogP contribution is -2.49. The Bertz CT molecular complexity index is 1360. The Labute approximate surface area is 234 Å². The fraction of sp³-hybridized carbons (Fsp3) is 0.448. The second-order valence-corrected chi connectivity index (χ2v) is 10.2. The molecule has 40 heavy (non-hydrogen) atoms.